The number of amides is 1. The Hall–Kier alpha value is -3.93. The molecule has 4 rings (SSSR count). The number of hydrogen-bond acceptors (Lipinski definition) is 5. The number of aryl methyl sites for hydroxylation is 4. The summed E-state index contributed by atoms with van der Waals surface area (Å²) in [5.41, 5.74) is 5.39. The Balaban J connectivity index is 1.97. The van der Waals surface area contributed by atoms with Gasteiger partial charge in [0.05, 0.1) is 18.7 Å². The zero-order chi connectivity index (χ0) is 23.9. The number of aromatic nitrogens is 1. The molecule has 0 spiro atoms. The van der Waals surface area contributed by atoms with Gasteiger partial charge in [0.1, 0.15) is 11.5 Å². The van der Waals surface area contributed by atoms with Crippen LogP contribution in [0.4, 0.5) is 5.69 Å². The summed E-state index contributed by atoms with van der Waals surface area (Å²) in [5, 5.41) is 11.4. The van der Waals surface area contributed by atoms with Gasteiger partial charge in [-0.25, -0.2) is 0 Å². The Morgan fingerprint density at radius 2 is 1.73 bits per heavy atom. The summed E-state index contributed by atoms with van der Waals surface area (Å²) < 4.78 is 5.38. The van der Waals surface area contributed by atoms with Crippen LogP contribution in [0, 0.1) is 27.7 Å². The molecule has 6 heteroatoms. The molecule has 1 unspecified atom stereocenters. The molecule has 0 bridgehead atoms. The minimum atomic E-state index is -0.803. The van der Waals surface area contributed by atoms with E-state index >= 15 is 0 Å². The van der Waals surface area contributed by atoms with Crippen LogP contribution < -0.4 is 9.64 Å². The number of carbonyl (C=O) groups excluding carboxylic acids is 2. The predicted octanol–water partition coefficient (Wildman–Crippen LogP) is 4.95. The molecule has 33 heavy (non-hydrogen) atoms. The van der Waals surface area contributed by atoms with Crippen molar-refractivity contribution >= 4 is 23.1 Å². The monoisotopic (exact) mass is 442 g/mol. The second-order valence-corrected chi connectivity index (χ2v) is 8.36. The van der Waals surface area contributed by atoms with Crippen LogP contribution in [0.2, 0.25) is 0 Å². The Morgan fingerprint density at radius 3 is 2.36 bits per heavy atom. The number of methoxy groups -OCH3 is 1. The summed E-state index contributed by atoms with van der Waals surface area (Å²) in [6.07, 6.45) is 3.24. The Kier molecular flexibility index (Phi) is 5.77. The SMILES string of the molecule is COc1cc(C)c(/C(O)=C2\C(=O)C(=O)N(c3ccc(C)c(C)c3)C2c2cccnc2)cc1C. The summed E-state index contributed by atoms with van der Waals surface area (Å²) in [6, 6.07) is 11.9. The zero-order valence-electron chi connectivity index (χ0n) is 19.3. The molecule has 2 aromatic carbocycles. The Bertz CT molecular complexity index is 1290. The van der Waals surface area contributed by atoms with Gasteiger partial charge < -0.3 is 9.84 Å². The maximum Gasteiger partial charge on any atom is 0.300 e. The number of pyridine rings is 1. The minimum absolute atomic E-state index is 0.0406. The summed E-state index contributed by atoms with van der Waals surface area (Å²) in [7, 11) is 1.58. The Morgan fingerprint density at radius 1 is 0.970 bits per heavy atom. The van der Waals surface area contributed by atoms with Gasteiger partial charge >= 0.3 is 0 Å². The van der Waals surface area contributed by atoms with E-state index in [9.17, 15) is 14.7 Å². The van der Waals surface area contributed by atoms with Crippen LogP contribution in [-0.2, 0) is 9.59 Å². The van der Waals surface area contributed by atoms with Crippen LogP contribution in [0.3, 0.4) is 0 Å². The second kappa shape index (κ2) is 8.54. The first-order chi connectivity index (χ1) is 15.7. The van der Waals surface area contributed by atoms with Gasteiger partial charge in [0.25, 0.3) is 11.7 Å². The Labute approximate surface area is 193 Å². The van der Waals surface area contributed by atoms with Crippen molar-refractivity contribution in [3.8, 4) is 5.75 Å². The van der Waals surface area contributed by atoms with E-state index in [1.54, 1.807) is 37.7 Å². The van der Waals surface area contributed by atoms with Crippen molar-refractivity contribution in [3.63, 3.8) is 0 Å². The number of ketones is 1. The van der Waals surface area contributed by atoms with E-state index < -0.39 is 17.7 Å². The highest BCUT2D eigenvalue weighted by atomic mass is 16.5. The van der Waals surface area contributed by atoms with Crippen molar-refractivity contribution < 1.29 is 19.4 Å². The van der Waals surface area contributed by atoms with E-state index in [0.29, 0.717) is 22.6 Å². The molecule has 3 aromatic rings. The van der Waals surface area contributed by atoms with Crippen LogP contribution in [0.25, 0.3) is 5.76 Å². The van der Waals surface area contributed by atoms with E-state index in [1.807, 2.05) is 52.0 Å². The molecule has 1 fully saturated rings. The van der Waals surface area contributed by atoms with Gasteiger partial charge in [-0.1, -0.05) is 12.1 Å². The first kappa shape index (κ1) is 22.3. The van der Waals surface area contributed by atoms with E-state index in [4.69, 9.17) is 4.74 Å². The topological polar surface area (TPSA) is 79.7 Å². The smallest absolute Gasteiger partial charge is 0.300 e. The fourth-order valence-corrected chi connectivity index (χ4v) is 4.24. The van der Waals surface area contributed by atoms with E-state index in [1.165, 1.54) is 4.90 Å². The van der Waals surface area contributed by atoms with Gasteiger partial charge in [-0.05, 0) is 85.8 Å². The lowest BCUT2D eigenvalue weighted by molar-refractivity contribution is -0.132. The third-order valence-electron chi connectivity index (χ3n) is 6.21. The fraction of sp³-hybridized carbons (Fsp3) is 0.222. The van der Waals surface area contributed by atoms with Crippen molar-refractivity contribution in [3.05, 3.63) is 93.8 Å². The molecule has 1 aliphatic heterocycles. The molecular weight excluding hydrogens is 416 g/mol. The molecule has 1 N–H and O–H groups in total. The summed E-state index contributed by atoms with van der Waals surface area (Å²) >= 11 is 0. The number of Topliss-reactive ketones (excluding diaryl/α,β-unsaturated/α-hetero) is 1. The van der Waals surface area contributed by atoms with Gasteiger partial charge in [-0.2, -0.15) is 0 Å². The molecule has 1 atom stereocenters. The predicted molar refractivity (Wildman–Crippen MR) is 127 cm³/mol. The number of hydrogen-bond donors (Lipinski definition) is 1. The third kappa shape index (κ3) is 3.78. The van der Waals surface area contributed by atoms with Gasteiger partial charge in [0.2, 0.25) is 0 Å². The maximum atomic E-state index is 13.3. The number of aliphatic hydroxyl groups is 1. The lowest BCUT2D eigenvalue weighted by Gasteiger charge is -2.26. The van der Waals surface area contributed by atoms with Crippen molar-refractivity contribution in [2.75, 3.05) is 12.0 Å². The summed E-state index contributed by atoms with van der Waals surface area (Å²) in [5.74, 6) is -0.941. The van der Waals surface area contributed by atoms with Crippen LogP contribution in [0.15, 0.2) is 60.4 Å². The van der Waals surface area contributed by atoms with Crippen LogP contribution in [-0.4, -0.2) is 28.9 Å². The lowest BCUT2D eigenvalue weighted by atomic mass is 9.93. The highest BCUT2D eigenvalue weighted by Crippen LogP contribution is 2.43. The highest BCUT2D eigenvalue weighted by molar-refractivity contribution is 6.51. The van der Waals surface area contributed by atoms with E-state index in [-0.39, 0.29) is 11.3 Å². The van der Waals surface area contributed by atoms with E-state index in [0.717, 1.165) is 22.3 Å². The number of carbonyl (C=O) groups is 2. The normalized spacial score (nSPS) is 17.5. The molecule has 1 amide bonds. The summed E-state index contributed by atoms with van der Waals surface area (Å²) in [6.45, 7) is 7.63. The van der Waals surface area contributed by atoms with E-state index in [2.05, 4.69) is 4.98 Å². The highest BCUT2D eigenvalue weighted by Gasteiger charge is 2.47. The average molecular weight is 443 g/mol. The van der Waals surface area contributed by atoms with Crippen LogP contribution in [0.1, 0.15) is 39.4 Å². The molecule has 0 saturated carbocycles. The zero-order valence-corrected chi connectivity index (χ0v) is 19.3. The van der Waals surface area contributed by atoms with Gasteiger partial charge in [-0.15, -0.1) is 0 Å². The summed E-state index contributed by atoms with van der Waals surface area (Å²) in [4.78, 5) is 32.2. The van der Waals surface area contributed by atoms with Crippen molar-refractivity contribution in [1.82, 2.24) is 4.98 Å². The largest absolute Gasteiger partial charge is 0.507 e. The maximum absolute atomic E-state index is 13.3. The lowest BCUT2D eigenvalue weighted by Crippen LogP contribution is -2.29. The van der Waals surface area contributed by atoms with Crippen LogP contribution in [0.5, 0.6) is 5.75 Å². The molecule has 6 nitrogen and oxygen atoms in total. The number of rotatable bonds is 4. The average Bonchev–Trinajstić information content (AvgIpc) is 3.07. The molecule has 1 saturated heterocycles. The first-order valence-electron chi connectivity index (χ1n) is 10.7. The fourth-order valence-electron chi connectivity index (χ4n) is 4.24. The van der Waals surface area contributed by atoms with Crippen LogP contribution >= 0.6 is 0 Å². The van der Waals surface area contributed by atoms with Gasteiger partial charge in [0.15, 0.2) is 0 Å². The molecule has 2 heterocycles. The standard InChI is InChI=1S/C27H26N2O4/c1-15-8-9-20(11-16(15)2)29-24(19-7-6-10-28-14-19)23(26(31)27(29)32)25(30)21-12-18(4)22(33-5)13-17(21)3/h6-14,24,30H,1-5H3/b25-23+. The number of anilines is 1. The molecular formula is C27H26N2O4. The number of benzene rings is 2. The van der Waals surface area contributed by atoms with Gasteiger partial charge in [0, 0.05) is 23.6 Å². The molecule has 1 aliphatic rings. The molecule has 0 aliphatic carbocycles. The number of ether oxygens (including phenoxy) is 1. The van der Waals surface area contributed by atoms with Crippen molar-refractivity contribution in [2.24, 2.45) is 0 Å². The first-order valence-corrected chi connectivity index (χ1v) is 10.7. The molecule has 1 aromatic heterocycles. The second-order valence-electron chi connectivity index (χ2n) is 8.36. The molecule has 168 valence electrons. The third-order valence-corrected chi connectivity index (χ3v) is 6.21. The quantitative estimate of drug-likeness (QED) is 0.351. The minimum Gasteiger partial charge on any atom is -0.507 e. The molecule has 0 radical (unpaired) electrons. The van der Waals surface area contributed by atoms with Crippen molar-refractivity contribution in [1.29, 1.82) is 0 Å². The van der Waals surface area contributed by atoms with Crippen molar-refractivity contribution in [2.45, 2.75) is 33.7 Å². The number of nitrogens with zero attached hydrogens (tertiary/aromatic N) is 2. The number of aliphatic hydroxyl groups excluding tert-OH is 1. The van der Waals surface area contributed by atoms with Gasteiger partial charge in [-0.3, -0.25) is 19.5 Å².